The molecule has 3 rings (SSSR count). The third-order valence-electron chi connectivity index (χ3n) is 5.05. The van der Waals surface area contributed by atoms with E-state index in [1.54, 1.807) is 19.2 Å². The topological polar surface area (TPSA) is 117 Å². The largest absolute Gasteiger partial charge is 0.505 e. The summed E-state index contributed by atoms with van der Waals surface area (Å²) in [6.07, 6.45) is 1.49. The van der Waals surface area contributed by atoms with Crippen molar-refractivity contribution < 1.29 is 29.6 Å². The molecule has 2 aromatic carbocycles. The lowest BCUT2D eigenvalue weighted by molar-refractivity contribution is 0.0646. The van der Waals surface area contributed by atoms with Gasteiger partial charge in [0.05, 0.1) is 24.1 Å². The minimum Gasteiger partial charge on any atom is -0.505 e. The van der Waals surface area contributed by atoms with E-state index in [2.05, 4.69) is 4.98 Å². The number of carbonyl (C=O) groups is 2. The molecule has 0 saturated carbocycles. The number of carboxylic acid groups (broad SMARTS) is 2. The number of benzene rings is 2. The maximum atomic E-state index is 11.9. The first-order valence-corrected chi connectivity index (χ1v) is 9.78. The van der Waals surface area contributed by atoms with Crippen LogP contribution in [0.3, 0.4) is 0 Å². The van der Waals surface area contributed by atoms with E-state index in [0.29, 0.717) is 18.6 Å². The molecule has 31 heavy (non-hydrogen) atoms. The lowest BCUT2D eigenvalue weighted by Crippen LogP contribution is -2.16. The molecule has 3 N–H and O–H groups in total. The van der Waals surface area contributed by atoms with Crippen LogP contribution in [0.25, 0.3) is 0 Å². The van der Waals surface area contributed by atoms with Crippen molar-refractivity contribution in [1.29, 1.82) is 0 Å². The van der Waals surface area contributed by atoms with Crippen LogP contribution in [-0.2, 0) is 25.7 Å². The maximum absolute atomic E-state index is 11.9. The number of carboxylic acids is 2. The van der Waals surface area contributed by atoms with Crippen molar-refractivity contribution in [3.63, 3.8) is 0 Å². The molecule has 0 saturated heterocycles. The van der Waals surface area contributed by atoms with Gasteiger partial charge in [-0.1, -0.05) is 42.5 Å². The van der Waals surface area contributed by atoms with Gasteiger partial charge in [-0.15, -0.1) is 0 Å². The van der Waals surface area contributed by atoms with Crippen LogP contribution in [0, 0.1) is 0 Å². The molecule has 1 heterocycles. The Bertz CT molecular complexity index is 1080. The Morgan fingerprint density at radius 2 is 1.32 bits per heavy atom. The number of rotatable bonds is 9. The van der Waals surface area contributed by atoms with Gasteiger partial charge < -0.3 is 20.1 Å². The van der Waals surface area contributed by atoms with Crippen molar-refractivity contribution in [2.75, 3.05) is 7.11 Å². The Morgan fingerprint density at radius 3 is 1.87 bits per heavy atom. The minimum atomic E-state index is -1.50. The van der Waals surface area contributed by atoms with Gasteiger partial charge in [0.25, 0.3) is 0 Å². The predicted molar refractivity (Wildman–Crippen MR) is 114 cm³/mol. The summed E-state index contributed by atoms with van der Waals surface area (Å²) in [6, 6.07) is 16.8. The van der Waals surface area contributed by atoms with Gasteiger partial charge in [0, 0.05) is 0 Å². The van der Waals surface area contributed by atoms with Crippen LogP contribution in [0.15, 0.2) is 54.6 Å². The SMILES string of the molecule is COc1ccc(CCc2nc(CCc3ccccc3)c(O)c(C(=O)O)c2C(=O)O)cc1. The highest BCUT2D eigenvalue weighted by molar-refractivity contribution is 6.04. The van der Waals surface area contributed by atoms with Crippen molar-refractivity contribution in [2.45, 2.75) is 25.7 Å². The standard InChI is InChI=1S/C24H23NO6/c1-31-17-11-7-16(8-12-17)9-13-18-20(23(27)28)21(24(29)30)22(26)19(25-18)14-10-15-5-3-2-4-6-15/h2-8,11-12,26H,9-10,13-14H2,1H3,(H,27,28)(H,29,30). The molecule has 1 aromatic heterocycles. The van der Waals surface area contributed by atoms with E-state index in [1.807, 2.05) is 42.5 Å². The summed E-state index contributed by atoms with van der Waals surface area (Å²) >= 11 is 0. The van der Waals surface area contributed by atoms with Crippen LogP contribution in [0.2, 0.25) is 0 Å². The zero-order chi connectivity index (χ0) is 22.4. The molecular weight excluding hydrogens is 398 g/mol. The van der Waals surface area contributed by atoms with Crippen molar-refractivity contribution in [2.24, 2.45) is 0 Å². The summed E-state index contributed by atoms with van der Waals surface area (Å²) in [5, 5.41) is 29.8. The van der Waals surface area contributed by atoms with Gasteiger partial charge in [0.2, 0.25) is 0 Å². The smallest absolute Gasteiger partial charge is 0.340 e. The number of ether oxygens (including phenoxy) is 1. The summed E-state index contributed by atoms with van der Waals surface area (Å²) in [6.45, 7) is 0. The number of nitrogens with zero attached hydrogens (tertiary/aromatic N) is 1. The number of methoxy groups -OCH3 is 1. The average Bonchev–Trinajstić information content (AvgIpc) is 2.77. The van der Waals surface area contributed by atoms with E-state index in [9.17, 15) is 24.9 Å². The molecule has 0 fully saturated rings. The minimum absolute atomic E-state index is 0.140. The molecule has 0 amide bonds. The second-order valence-corrected chi connectivity index (χ2v) is 7.05. The van der Waals surface area contributed by atoms with Crippen LogP contribution in [0.1, 0.15) is 43.2 Å². The molecule has 0 radical (unpaired) electrons. The highest BCUT2D eigenvalue weighted by Gasteiger charge is 2.28. The molecule has 0 aliphatic carbocycles. The summed E-state index contributed by atoms with van der Waals surface area (Å²) < 4.78 is 5.13. The normalized spacial score (nSPS) is 10.6. The van der Waals surface area contributed by atoms with Gasteiger partial charge in [-0.05, 0) is 48.9 Å². The van der Waals surface area contributed by atoms with Gasteiger partial charge in [-0.25, -0.2) is 9.59 Å². The molecule has 7 nitrogen and oxygen atoms in total. The number of aromatic nitrogens is 1. The Morgan fingerprint density at radius 1 is 0.774 bits per heavy atom. The molecule has 7 heteroatoms. The molecule has 0 aliphatic rings. The van der Waals surface area contributed by atoms with Crippen LogP contribution in [0.4, 0.5) is 0 Å². The third kappa shape index (κ3) is 5.19. The van der Waals surface area contributed by atoms with E-state index in [-0.39, 0.29) is 24.2 Å². The van der Waals surface area contributed by atoms with Crippen molar-refractivity contribution in [3.8, 4) is 11.5 Å². The summed E-state index contributed by atoms with van der Waals surface area (Å²) in [5.74, 6) is -2.81. The number of aromatic carboxylic acids is 2. The zero-order valence-corrected chi connectivity index (χ0v) is 17.0. The molecule has 3 aromatic rings. The average molecular weight is 421 g/mol. The van der Waals surface area contributed by atoms with E-state index < -0.39 is 28.8 Å². The second kappa shape index (κ2) is 9.75. The van der Waals surface area contributed by atoms with Crippen LogP contribution in [-0.4, -0.2) is 39.4 Å². The van der Waals surface area contributed by atoms with Crippen LogP contribution >= 0.6 is 0 Å². The Labute approximate surface area is 179 Å². The van der Waals surface area contributed by atoms with Gasteiger partial charge in [0.15, 0.2) is 5.75 Å². The van der Waals surface area contributed by atoms with E-state index in [0.717, 1.165) is 11.1 Å². The maximum Gasteiger partial charge on any atom is 0.340 e. The van der Waals surface area contributed by atoms with Gasteiger partial charge >= 0.3 is 11.9 Å². The van der Waals surface area contributed by atoms with Gasteiger partial charge in [0.1, 0.15) is 11.3 Å². The van der Waals surface area contributed by atoms with Crippen molar-refractivity contribution >= 4 is 11.9 Å². The lowest BCUT2D eigenvalue weighted by atomic mass is 9.97. The second-order valence-electron chi connectivity index (χ2n) is 7.05. The molecule has 0 bridgehead atoms. The summed E-state index contributed by atoms with van der Waals surface area (Å²) in [5.41, 5.74) is 1.16. The van der Waals surface area contributed by atoms with Crippen molar-refractivity contribution in [1.82, 2.24) is 4.98 Å². The fourth-order valence-corrected chi connectivity index (χ4v) is 3.43. The number of aromatic hydroxyl groups is 1. The zero-order valence-electron chi connectivity index (χ0n) is 17.0. The van der Waals surface area contributed by atoms with Crippen LogP contribution < -0.4 is 4.74 Å². The first kappa shape index (κ1) is 21.8. The predicted octanol–water partition coefficient (Wildman–Crippen LogP) is 3.76. The number of hydrogen-bond acceptors (Lipinski definition) is 5. The van der Waals surface area contributed by atoms with Crippen LogP contribution in [0.5, 0.6) is 11.5 Å². The van der Waals surface area contributed by atoms with Gasteiger partial charge in [-0.3, -0.25) is 4.98 Å². The van der Waals surface area contributed by atoms with Crippen molar-refractivity contribution in [3.05, 3.63) is 88.2 Å². The Hall–Kier alpha value is -3.87. The molecule has 0 atom stereocenters. The Kier molecular flexibility index (Phi) is 6.87. The first-order chi connectivity index (χ1) is 14.9. The lowest BCUT2D eigenvalue weighted by Gasteiger charge is -2.14. The van der Waals surface area contributed by atoms with E-state index in [4.69, 9.17) is 4.74 Å². The van der Waals surface area contributed by atoms with Gasteiger partial charge in [-0.2, -0.15) is 0 Å². The monoisotopic (exact) mass is 421 g/mol. The highest BCUT2D eigenvalue weighted by atomic mass is 16.5. The number of hydrogen-bond donors (Lipinski definition) is 3. The van der Waals surface area contributed by atoms with E-state index >= 15 is 0 Å². The molecule has 160 valence electrons. The molecular formula is C24H23NO6. The molecule has 0 aliphatic heterocycles. The number of pyridine rings is 1. The molecule has 0 unspecified atom stereocenters. The highest BCUT2D eigenvalue weighted by Crippen LogP contribution is 2.29. The van der Waals surface area contributed by atoms with E-state index in [1.165, 1.54) is 0 Å². The first-order valence-electron chi connectivity index (χ1n) is 9.78. The summed E-state index contributed by atoms with van der Waals surface area (Å²) in [4.78, 5) is 28.0. The molecule has 0 spiro atoms. The number of aryl methyl sites for hydroxylation is 4. The third-order valence-corrected chi connectivity index (χ3v) is 5.05. The fourth-order valence-electron chi connectivity index (χ4n) is 3.43. The Balaban J connectivity index is 1.95. The fraction of sp³-hybridized carbons (Fsp3) is 0.208. The quantitative estimate of drug-likeness (QED) is 0.481. The summed E-state index contributed by atoms with van der Waals surface area (Å²) in [7, 11) is 1.57.